The van der Waals surface area contributed by atoms with Gasteiger partial charge in [0.2, 0.25) is 5.91 Å². The zero-order chi connectivity index (χ0) is 17.9. The number of alkyl halides is 3. The molecule has 1 aliphatic heterocycles. The molecule has 8 heteroatoms. The van der Waals surface area contributed by atoms with Crippen LogP contribution in [0.1, 0.15) is 30.0 Å². The van der Waals surface area contributed by atoms with Gasteiger partial charge in [-0.15, -0.1) is 0 Å². The van der Waals surface area contributed by atoms with Crippen molar-refractivity contribution in [1.82, 2.24) is 4.90 Å². The molecule has 132 valence electrons. The molecule has 1 amide bonds. The van der Waals surface area contributed by atoms with Crippen molar-refractivity contribution in [2.24, 2.45) is 5.92 Å². The van der Waals surface area contributed by atoms with Crippen molar-refractivity contribution in [3.63, 3.8) is 0 Å². The molecule has 24 heavy (non-hydrogen) atoms. The smallest absolute Gasteiger partial charge is 0.416 e. The monoisotopic (exact) mass is 345 g/mol. The highest BCUT2D eigenvalue weighted by Gasteiger charge is 2.47. The van der Waals surface area contributed by atoms with Crippen molar-refractivity contribution in [3.8, 4) is 0 Å². The number of carbonyl (C=O) groups is 2. The summed E-state index contributed by atoms with van der Waals surface area (Å²) in [5, 5.41) is 9.36. The van der Waals surface area contributed by atoms with Crippen LogP contribution in [0.5, 0.6) is 0 Å². The van der Waals surface area contributed by atoms with Gasteiger partial charge in [-0.1, -0.05) is 18.2 Å². The van der Waals surface area contributed by atoms with Crippen molar-refractivity contribution in [3.05, 3.63) is 35.4 Å². The lowest BCUT2D eigenvalue weighted by Gasteiger charge is -2.29. The average Bonchev–Trinajstić information content (AvgIpc) is 2.84. The maximum atomic E-state index is 13.3. The Bertz CT molecular complexity index is 618. The minimum absolute atomic E-state index is 0.146. The Morgan fingerprint density at radius 3 is 2.62 bits per heavy atom. The zero-order valence-corrected chi connectivity index (χ0v) is 13.0. The highest BCUT2D eigenvalue weighted by molar-refractivity contribution is 5.87. The van der Waals surface area contributed by atoms with Crippen LogP contribution in [0.4, 0.5) is 13.2 Å². The molecule has 0 aliphatic carbocycles. The molecule has 0 unspecified atom stereocenters. The van der Waals surface area contributed by atoms with E-state index in [4.69, 9.17) is 4.74 Å². The quantitative estimate of drug-likeness (QED) is 0.805. The van der Waals surface area contributed by atoms with Gasteiger partial charge in [0.05, 0.1) is 17.5 Å². The summed E-state index contributed by atoms with van der Waals surface area (Å²) in [6.07, 6.45) is -4.51. The largest absolute Gasteiger partial charge is 0.481 e. The number of likely N-dealkylation sites (tertiary alicyclic amines) is 1. The Balaban J connectivity index is 2.45. The fourth-order valence-corrected chi connectivity index (χ4v) is 3.05. The highest BCUT2D eigenvalue weighted by atomic mass is 19.4. The Morgan fingerprint density at radius 1 is 1.38 bits per heavy atom. The van der Waals surface area contributed by atoms with Gasteiger partial charge in [0, 0.05) is 26.7 Å². The standard InChI is InChI=1S/C16H18F3NO4/c1-24-8-4-7-20-13(21)9-11(15(22)23)14(20)10-5-2-3-6-12(10)16(17,18)19/h2-3,5-6,11,14H,4,7-9H2,1H3,(H,22,23)/t11-,14-/m1/s1. The summed E-state index contributed by atoms with van der Waals surface area (Å²) in [6.45, 7) is 0.475. The number of benzene rings is 1. The van der Waals surface area contributed by atoms with Crippen LogP contribution in [0, 0.1) is 5.92 Å². The van der Waals surface area contributed by atoms with E-state index in [2.05, 4.69) is 0 Å². The molecule has 1 N–H and O–H groups in total. The molecule has 1 aliphatic rings. The maximum absolute atomic E-state index is 13.3. The van der Waals surface area contributed by atoms with E-state index in [0.29, 0.717) is 13.0 Å². The summed E-state index contributed by atoms with van der Waals surface area (Å²) in [5.41, 5.74) is -1.09. The summed E-state index contributed by atoms with van der Waals surface area (Å²) < 4.78 is 44.8. The molecule has 1 saturated heterocycles. The number of carbonyl (C=O) groups excluding carboxylic acids is 1. The van der Waals surface area contributed by atoms with Crippen LogP contribution in [0.25, 0.3) is 0 Å². The number of hydrogen-bond donors (Lipinski definition) is 1. The number of hydrogen-bond acceptors (Lipinski definition) is 3. The summed E-state index contributed by atoms with van der Waals surface area (Å²) in [6, 6.07) is 3.67. The minimum Gasteiger partial charge on any atom is -0.481 e. The number of nitrogens with zero attached hydrogens (tertiary/aromatic N) is 1. The third-order valence-corrected chi connectivity index (χ3v) is 4.08. The first-order valence-electron chi connectivity index (χ1n) is 7.44. The lowest BCUT2D eigenvalue weighted by molar-refractivity contribution is -0.144. The summed E-state index contributed by atoms with van der Waals surface area (Å²) in [5.74, 6) is -2.94. The molecule has 2 atom stereocenters. The van der Waals surface area contributed by atoms with Crippen molar-refractivity contribution in [2.45, 2.75) is 25.1 Å². The number of rotatable bonds is 6. The van der Waals surface area contributed by atoms with Crippen LogP contribution < -0.4 is 0 Å². The van der Waals surface area contributed by atoms with E-state index in [1.807, 2.05) is 0 Å². The van der Waals surface area contributed by atoms with E-state index < -0.39 is 35.6 Å². The van der Waals surface area contributed by atoms with Gasteiger partial charge in [0.1, 0.15) is 0 Å². The maximum Gasteiger partial charge on any atom is 0.416 e. The molecule has 0 bridgehead atoms. The molecule has 0 saturated carbocycles. The van der Waals surface area contributed by atoms with Crippen LogP contribution in [-0.4, -0.2) is 42.1 Å². The number of halogens is 3. The van der Waals surface area contributed by atoms with E-state index >= 15 is 0 Å². The number of aliphatic carboxylic acids is 1. The fraction of sp³-hybridized carbons (Fsp3) is 0.500. The topological polar surface area (TPSA) is 66.8 Å². The zero-order valence-electron chi connectivity index (χ0n) is 13.0. The minimum atomic E-state index is -4.62. The van der Waals surface area contributed by atoms with Crippen molar-refractivity contribution < 1.29 is 32.6 Å². The van der Waals surface area contributed by atoms with Crippen molar-refractivity contribution >= 4 is 11.9 Å². The van der Waals surface area contributed by atoms with E-state index in [-0.39, 0.29) is 18.5 Å². The number of methoxy groups -OCH3 is 1. The van der Waals surface area contributed by atoms with Crippen LogP contribution in [-0.2, 0) is 20.5 Å². The average molecular weight is 345 g/mol. The first-order chi connectivity index (χ1) is 11.3. The van der Waals surface area contributed by atoms with Gasteiger partial charge in [-0.25, -0.2) is 0 Å². The lowest BCUT2D eigenvalue weighted by atomic mass is 9.90. The first kappa shape index (κ1) is 18.3. The highest BCUT2D eigenvalue weighted by Crippen LogP contribution is 2.43. The first-order valence-corrected chi connectivity index (χ1v) is 7.44. The van der Waals surface area contributed by atoms with E-state index in [0.717, 1.165) is 6.07 Å². The predicted molar refractivity (Wildman–Crippen MR) is 78.1 cm³/mol. The Hall–Kier alpha value is -2.09. The molecule has 0 radical (unpaired) electrons. The molecule has 0 aromatic heterocycles. The van der Waals surface area contributed by atoms with E-state index in [9.17, 15) is 27.9 Å². The molecule has 1 aromatic carbocycles. The van der Waals surface area contributed by atoms with Crippen LogP contribution >= 0.6 is 0 Å². The third-order valence-electron chi connectivity index (χ3n) is 4.08. The number of amides is 1. The molecule has 5 nitrogen and oxygen atoms in total. The van der Waals surface area contributed by atoms with Gasteiger partial charge in [0.25, 0.3) is 0 Å². The Kier molecular flexibility index (Phi) is 5.48. The third kappa shape index (κ3) is 3.69. The summed E-state index contributed by atoms with van der Waals surface area (Å²) in [7, 11) is 1.47. The number of carboxylic acid groups (broad SMARTS) is 1. The fourth-order valence-electron chi connectivity index (χ4n) is 3.05. The molecule has 2 rings (SSSR count). The normalized spacial score (nSPS) is 21.3. The summed E-state index contributed by atoms with van der Waals surface area (Å²) in [4.78, 5) is 24.9. The Morgan fingerprint density at radius 2 is 2.04 bits per heavy atom. The van der Waals surface area contributed by atoms with Gasteiger partial charge >= 0.3 is 12.1 Å². The van der Waals surface area contributed by atoms with Crippen LogP contribution in [0.2, 0.25) is 0 Å². The molecular formula is C16H18F3NO4. The van der Waals surface area contributed by atoms with E-state index in [1.165, 1.54) is 30.2 Å². The van der Waals surface area contributed by atoms with Crippen LogP contribution in [0.3, 0.4) is 0 Å². The van der Waals surface area contributed by atoms with Crippen molar-refractivity contribution in [2.75, 3.05) is 20.3 Å². The number of carboxylic acids is 1. The van der Waals surface area contributed by atoms with Crippen LogP contribution in [0.15, 0.2) is 24.3 Å². The van der Waals surface area contributed by atoms with Gasteiger partial charge in [-0.05, 0) is 18.1 Å². The Labute approximate surface area is 137 Å². The van der Waals surface area contributed by atoms with Gasteiger partial charge in [-0.3, -0.25) is 9.59 Å². The second-order valence-corrected chi connectivity index (χ2v) is 5.61. The summed E-state index contributed by atoms with van der Waals surface area (Å²) >= 11 is 0. The molecule has 1 fully saturated rings. The predicted octanol–water partition coefficient (Wildman–Crippen LogP) is 2.72. The molecule has 1 aromatic rings. The molecule has 0 spiro atoms. The van der Waals surface area contributed by atoms with Gasteiger partial charge in [0.15, 0.2) is 0 Å². The van der Waals surface area contributed by atoms with Crippen molar-refractivity contribution in [1.29, 1.82) is 0 Å². The van der Waals surface area contributed by atoms with Gasteiger partial charge < -0.3 is 14.7 Å². The molecular weight excluding hydrogens is 327 g/mol. The molecule has 1 heterocycles. The second kappa shape index (κ2) is 7.21. The lowest BCUT2D eigenvalue weighted by Crippen LogP contribution is -2.33. The second-order valence-electron chi connectivity index (χ2n) is 5.61. The van der Waals surface area contributed by atoms with E-state index in [1.54, 1.807) is 0 Å². The van der Waals surface area contributed by atoms with Gasteiger partial charge in [-0.2, -0.15) is 13.2 Å². The SMILES string of the molecule is COCCCN1C(=O)C[C@@H](C(=O)O)[C@H]1c1ccccc1C(F)(F)F. The number of ether oxygens (including phenoxy) is 1.